The van der Waals surface area contributed by atoms with Crippen LogP contribution in [0.4, 0.5) is 0 Å². The van der Waals surface area contributed by atoms with Crippen molar-refractivity contribution in [3.05, 3.63) is 89.7 Å². The molecule has 3 heteroatoms. The smallest absolute Gasteiger partial charge is 0.107 e. The van der Waals surface area contributed by atoms with Crippen molar-refractivity contribution in [3.8, 4) is 11.1 Å². The Morgan fingerprint density at radius 3 is 2.24 bits per heavy atom. The van der Waals surface area contributed by atoms with Gasteiger partial charge in [0.25, 0.3) is 0 Å². The molecule has 3 nitrogen and oxygen atoms in total. The van der Waals surface area contributed by atoms with Gasteiger partial charge in [0.2, 0.25) is 0 Å². The van der Waals surface area contributed by atoms with E-state index < -0.39 is 0 Å². The fraction of sp³-hybridized carbons (Fsp3) is 0.136. The summed E-state index contributed by atoms with van der Waals surface area (Å²) in [7, 11) is 0. The Balaban J connectivity index is 1.66. The zero-order valence-electron chi connectivity index (χ0n) is 14.2. The van der Waals surface area contributed by atoms with Gasteiger partial charge in [0.1, 0.15) is 5.82 Å². The molecule has 0 saturated carbocycles. The fourth-order valence-corrected chi connectivity index (χ4v) is 3.20. The first kappa shape index (κ1) is 15.6. The van der Waals surface area contributed by atoms with E-state index in [4.69, 9.17) is 0 Å². The van der Waals surface area contributed by atoms with E-state index in [0.29, 0.717) is 0 Å². The number of aryl methyl sites for hydroxylation is 1. The van der Waals surface area contributed by atoms with Gasteiger partial charge in [0, 0.05) is 6.54 Å². The van der Waals surface area contributed by atoms with Gasteiger partial charge in [0.05, 0.1) is 17.6 Å². The van der Waals surface area contributed by atoms with Gasteiger partial charge in [-0.05, 0) is 41.3 Å². The number of aromatic nitrogens is 2. The van der Waals surface area contributed by atoms with Gasteiger partial charge < -0.3 is 9.67 Å². The number of nitrogens with zero attached hydrogens (tertiary/aromatic N) is 2. The van der Waals surface area contributed by atoms with Gasteiger partial charge in [-0.3, -0.25) is 0 Å². The first-order valence-corrected chi connectivity index (χ1v) is 8.45. The highest BCUT2D eigenvalue weighted by molar-refractivity contribution is 5.77. The quantitative estimate of drug-likeness (QED) is 0.597. The van der Waals surface area contributed by atoms with E-state index in [1.54, 1.807) is 0 Å². The molecule has 1 heterocycles. The zero-order chi connectivity index (χ0) is 17.2. The molecule has 4 aromatic rings. The predicted molar refractivity (Wildman–Crippen MR) is 101 cm³/mol. The molecule has 0 amide bonds. The Morgan fingerprint density at radius 2 is 1.52 bits per heavy atom. The van der Waals surface area contributed by atoms with Crippen LogP contribution in [0.5, 0.6) is 0 Å². The lowest BCUT2D eigenvalue weighted by Gasteiger charge is -2.09. The molecule has 0 unspecified atom stereocenters. The van der Waals surface area contributed by atoms with Gasteiger partial charge >= 0.3 is 0 Å². The lowest BCUT2D eigenvalue weighted by molar-refractivity contribution is 0.282. The molecule has 0 spiro atoms. The topological polar surface area (TPSA) is 38.1 Å². The van der Waals surface area contributed by atoms with Crippen molar-refractivity contribution in [1.82, 2.24) is 9.55 Å². The van der Waals surface area contributed by atoms with Crippen molar-refractivity contribution in [2.75, 3.05) is 0 Å². The molecular weight excluding hydrogens is 308 g/mol. The molecule has 0 aliphatic heterocycles. The van der Waals surface area contributed by atoms with Crippen LogP contribution in [0.2, 0.25) is 0 Å². The lowest BCUT2D eigenvalue weighted by Crippen LogP contribution is -2.02. The second kappa shape index (κ2) is 6.54. The number of aliphatic hydroxyl groups is 1. The van der Waals surface area contributed by atoms with Crippen molar-refractivity contribution in [1.29, 1.82) is 0 Å². The van der Waals surface area contributed by atoms with Gasteiger partial charge in [0.15, 0.2) is 0 Å². The molecule has 124 valence electrons. The van der Waals surface area contributed by atoms with Crippen molar-refractivity contribution < 1.29 is 5.11 Å². The minimum Gasteiger partial charge on any atom is -0.392 e. The summed E-state index contributed by atoms with van der Waals surface area (Å²) in [6.45, 7) is 2.84. The minimum absolute atomic E-state index is 0.0476. The highest BCUT2D eigenvalue weighted by Gasteiger charge is 2.09. The van der Waals surface area contributed by atoms with E-state index in [9.17, 15) is 5.11 Å². The highest BCUT2D eigenvalue weighted by atomic mass is 16.3. The standard InChI is InChI=1S/C22H20N2O/c1-16-23-21-12-9-18(15-25)13-22(21)24(16)14-17-7-10-20(11-8-17)19-5-3-2-4-6-19/h2-13,25H,14-15H2,1H3. The Labute approximate surface area is 147 Å². The molecule has 0 bridgehead atoms. The van der Waals surface area contributed by atoms with Crippen LogP contribution >= 0.6 is 0 Å². The molecule has 0 atom stereocenters. The second-order valence-corrected chi connectivity index (χ2v) is 6.29. The Kier molecular flexibility index (Phi) is 4.08. The van der Waals surface area contributed by atoms with Crippen molar-refractivity contribution in [3.63, 3.8) is 0 Å². The number of fused-ring (bicyclic) bond motifs is 1. The second-order valence-electron chi connectivity index (χ2n) is 6.29. The summed E-state index contributed by atoms with van der Waals surface area (Å²) < 4.78 is 2.20. The Morgan fingerprint density at radius 1 is 0.840 bits per heavy atom. The van der Waals surface area contributed by atoms with E-state index in [-0.39, 0.29) is 6.61 Å². The maximum absolute atomic E-state index is 9.39. The van der Waals surface area contributed by atoms with Crippen molar-refractivity contribution in [2.24, 2.45) is 0 Å². The summed E-state index contributed by atoms with van der Waals surface area (Å²) in [6.07, 6.45) is 0. The molecule has 0 aliphatic carbocycles. The molecule has 1 aromatic heterocycles. The van der Waals surface area contributed by atoms with E-state index >= 15 is 0 Å². The number of hydrogen-bond acceptors (Lipinski definition) is 2. The van der Waals surface area contributed by atoms with E-state index in [1.807, 2.05) is 31.2 Å². The first-order valence-electron chi connectivity index (χ1n) is 8.45. The van der Waals surface area contributed by atoms with Crippen LogP contribution in [0, 0.1) is 6.92 Å². The van der Waals surface area contributed by atoms with Crippen LogP contribution in [0.3, 0.4) is 0 Å². The molecule has 0 saturated heterocycles. The molecule has 1 N–H and O–H groups in total. The minimum atomic E-state index is 0.0476. The maximum Gasteiger partial charge on any atom is 0.107 e. The molecule has 4 rings (SSSR count). The van der Waals surface area contributed by atoms with Crippen LogP contribution in [-0.4, -0.2) is 14.7 Å². The van der Waals surface area contributed by atoms with Crippen LogP contribution in [0.15, 0.2) is 72.8 Å². The summed E-state index contributed by atoms with van der Waals surface area (Å²) in [4.78, 5) is 4.63. The Bertz CT molecular complexity index is 1000. The maximum atomic E-state index is 9.39. The normalized spacial score (nSPS) is 11.1. The number of rotatable bonds is 4. The van der Waals surface area contributed by atoms with E-state index in [2.05, 4.69) is 58.1 Å². The summed E-state index contributed by atoms with van der Waals surface area (Å²) in [6, 6.07) is 25.0. The molecule has 25 heavy (non-hydrogen) atoms. The molecule has 0 radical (unpaired) electrons. The Hall–Kier alpha value is -2.91. The van der Waals surface area contributed by atoms with Gasteiger partial charge in [-0.1, -0.05) is 60.7 Å². The van der Waals surface area contributed by atoms with Crippen LogP contribution in [0.1, 0.15) is 17.0 Å². The summed E-state index contributed by atoms with van der Waals surface area (Å²) in [5, 5.41) is 9.39. The largest absolute Gasteiger partial charge is 0.392 e. The molecule has 0 fully saturated rings. The van der Waals surface area contributed by atoms with E-state index in [1.165, 1.54) is 16.7 Å². The average Bonchev–Trinajstić information content (AvgIpc) is 2.97. The number of benzene rings is 3. The van der Waals surface area contributed by atoms with Crippen molar-refractivity contribution in [2.45, 2.75) is 20.1 Å². The first-order chi connectivity index (χ1) is 12.2. The van der Waals surface area contributed by atoms with Crippen LogP contribution < -0.4 is 0 Å². The van der Waals surface area contributed by atoms with Gasteiger partial charge in [-0.25, -0.2) is 4.98 Å². The SMILES string of the molecule is Cc1nc2ccc(CO)cc2n1Cc1ccc(-c2ccccc2)cc1. The fourth-order valence-electron chi connectivity index (χ4n) is 3.20. The number of imidazole rings is 1. The van der Waals surface area contributed by atoms with Gasteiger partial charge in [-0.2, -0.15) is 0 Å². The summed E-state index contributed by atoms with van der Waals surface area (Å²) in [5.41, 5.74) is 6.63. The molecule has 0 aliphatic rings. The van der Waals surface area contributed by atoms with Crippen LogP contribution in [-0.2, 0) is 13.2 Å². The summed E-state index contributed by atoms with van der Waals surface area (Å²) >= 11 is 0. The third-order valence-electron chi connectivity index (χ3n) is 4.59. The van der Waals surface area contributed by atoms with Gasteiger partial charge in [-0.15, -0.1) is 0 Å². The predicted octanol–water partition coefficient (Wildman–Crippen LogP) is 4.55. The average molecular weight is 328 g/mol. The van der Waals surface area contributed by atoms with Crippen molar-refractivity contribution >= 4 is 11.0 Å². The zero-order valence-corrected chi connectivity index (χ0v) is 14.2. The number of aliphatic hydroxyl groups excluding tert-OH is 1. The number of hydrogen-bond donors (Lipinski definition) is 1. The lowest BCUT2D eigenvalue weighted by atomic mass is 10.0. The monoisotopic (exact) mass is 328 g/mol. The molecular formula is C22H20N2O. The third kappa shape index (κ3) is 3.06. The van der Waals surface area contributed by atoms with Crippen LogP contribution in [0.25, 0.3) is 22.2 Å². The molecule has 3 aromatic carbocycles. The highest BCUT2D eigenvalue weighted by Crippen LogP contribution is 2.22. The van der Waals surface area contributed by atoms with E-state index in [0.717, 1.165) is 29.0 Å². The third-order valence-corrected chi connectivity index (χ3v) is 4.59. The summed E-state index contributed by atoms with van der Waals surface area (Å²) in [5.74, 6) is 0.984.